The molecule has 1 nitrogen and oxygen atoms in total. The van der Waals surface area contributed by atoms with E-state index >= 15 is 0 Å². The molecule has 0 saturated heterocycles. The van der Waals surface area contributed by atoms with Crippen molar-refractivity contribution >= 4 is 11.6 Å². The van der Waals surface area contributed by atoms with E-state index in [4.69, 9.17) is 15.7 Å². The lowest BCUT2D eigenvalue weighted by atomic mass is 10.0. The highest BCUT2D eigenvalue weighted by atomic mass is 35.5. The lowest BCUT2D eigenvalue weighted by Crippen LogP contribution is -1.84. The van der Waals surface area contributed by atoms with Crippen LogP contribution in [0.4, 0.5) is 4.39 Å². The highest BCUT2D eigenvalue weighted by molar-refractivity contribution is 6.30. The first kappa shape index (κ1) is 6.85. The van der Waals surface area contributed by atoms with E-state index in [0.717, 1.165) is 0 Å². The number of hydrogen-bond acceptors (Lipinski definition) is 1. The summed E-state index contributed by atoms with van der Waals surface area (Å²) >= 11 is 5.64. The Kier molecular flexibility index (Phi) is 1.79. The third-order valence-corrected chi connectivity index (χ3v) is 2.09. The smallest absolute Gasteiger partial charge is 0.131 e. The molecule has 0 aliphatic heterocycles. The molecule has 3 heteroatoms. The van der Waals surface area contributed by atoms with E-state index in [2.05, 4.69) is 0 Å². The van der Waals surface area contributed by atoms with Gasteiger partial charge < -0.3 is 5.11 Å². The van der Waals surface area contributed by atoms with Crippen LogP contribution in [-0.2, 0) is 0 Å². The molecule has 0 atom stereocenters. The predicted molar refractivity (Wildman–Crippen MR) is 58.5 cm³/mol. The van der Waals surface area contributed by atoms with Gasteiger partial charge in [0, 0.05) is 16.1 Å². The van der Waals surface area contributed by atoms with E-state index < -0.39 is 29.7 Å². The average molecular weight is 226 g/mol. The van der Waals surface area contributed by atoms with Crippen LogP contribution in [0.3, 0.4) is 0 Å². The number of hydrogen-bond donors (Lipinski definition) is 1. The fourth-order valence-corrected chi connectivity index (χ4v) is 1.37. The lowest BCUT2D eigenvalue weighted by molar-refractivity contribution is 0.477. The summed E-state index contributed by atoms with van der Waals surface area (Å²) in [5, 5.41) is 9.50. The van der Waals surface area contributed by atoms with Crippen LogP contribution in [0.5, 0.6) is 5.75 Å². The number of phenols is 1. The Morgan fingerprint density at radius 2 is 1.93 bits per heavy atom. The van der Waals surface area contributed by atoms with E-state index in [0.29, 0.717) is 0 Å². The molecule has 2 aromatic carbocycles. The third-order valence-electron chi connectivity index (χ3n) is 1.91. The molecule has 0 aliphatic carbocycles. The molecule has 0 aromatic heterocycles. The van der Waals surface area contributed by atoms with E-state index in [1.165, 1.54) is 18.2 Å². The Morgan fingerprint density at radius 1 is 1.20 bits per heavy atom. The van der Waals surface area contributed by atoms with Crippen molar-refractivity contribution in [3.8, 4) is 16.9 Å². The zero-order valence-corrected chi connectivity index (χ0v) is 8.27. The second-order valence-electron chi connectivity index (χ2n) is 2.89. The molecular weight excluding hydrogens is 215 g/mol. The van der Waals surface area contributed by atoms with E-state index in [1.807, 2.05) is 0 Å². The molecule has 0 saturated carbocycles. The Bertz CT molecular complexity index is 602. The van der Waals surface area contributed by atoms with Crippen LogP contribution >= 0.6 is 11.6 Å². The van der Waals surface area contributed by atoms with E-state index in [1.54, 1.807) is 6.07 Å². The molecule has 76 valence electrons. The van der Waals surface area contributed by atoms with Crippen molar-refractivity contribution in [3.05, 3.63) is 53.2 Å². The number of aromatic hydroxyl groups is 1. The van der Waals surface area contributed by atoms with Gasteiger partial charge in [-0.25, -0.2) is 4.39 Å². The minimum atomic E-state index is -0.637. The van der Waals surface area contributed by atoms with Gasteiger partial charge in [-0.1, -0.05) is 29.8 Å². The van der Waals surface area contributed by atoms with Crippen molar-refractivity contribution in [2.24, 2.45) is 0 Å². The van der Waals surface area contributed by atoms with Crippen LogP contribution in [0.25, 0.3) is 11.1 Å². The van der Waals surface area contributed by atoms with Gasteiger partial charge in [-0.05, 0) is 24.2 Å². The average Bonchev–Trinajstić information content (AvgIpc) is 2.36. The van der Waals surface area contributed by atoms with Gasteiger partial charge in [0.25, 0.3) is 0 Å². The largest absolute Gasteiger partial charge is 0.507 e. The fraction of sp³-hybridized carbons (Fsp3) is 0. The molecule has 15 heavy (non-hydrogen) atoms. The van der Waals surface area contributed by atoms with Crippen molar-refractivity contribution in [1.29, 1.82) is 0 Å². The van der Waals surface area contributed by atoms with Gasteiger partial charge in [-0.15, -0.1) is 0 Å². The highest BCUT2D eigenvalue weighted by Gasteiger charge is 2.08. The van der Waals surface area contributed by atoms with Gasteiger partial charge in [0.2, 0.25) is 0 Å². The van der Waals surface area contributed by atoms with Crippen LogP contribution in [0.1, 0.15) is 4.11 Å². The van der Waals surface area contributed by atoms with Crippen LogP contribution in [0, 0.1) is 5.82 Å². The molecule has 1 N–H and O–H groups in total. The molecule has 0 unspecified atom stereocenters. The Morgan fingerprint density at radius 3 is 2.67 bits per heavy atom. The fourth-order valence-electron chi connectivity index (χ4n) is 1.23. The SMILES string of the molecule is [2H]c1c([2H])c(-c2ccccc2F)c(O)c([2H])c1Cl. The molecule has 0 radical (unpaired) electrons. The quantitative estimate of drug-likeness (QED) is 0.782. The van der Waals surface area contributed by atoms with Crippen molar-refractivity contribution in [1.82, 2.24) is 0 Å². The Balaban J connectivity index is 2.85. The second-order valence-corrected chi connectivity index (χ2v) is 3.27. The molecule has 0 bridgehead atoms. The highest BCUT2D eigenvalue weighted by Crippen LogP contribution is 2.32. The first-order valence-corrected chi connectivity index (χ1v) is 4.56. The summed E-state index contributed by atoms with van der Waals surface area (Å²) < 4.78 is 36.5. The predicted octanol–water partition coefficient (Wildman–Crippen LogP) is 3.85. The minimum absolute atomic E-state index is 0.0290. The molecule has 2 rings (SSSR count). The van der Waals surface area contributed by atoms with Gasteiger partial charge in [0.05, 0.1) is 4.11 Å². The van der Waals surface area contributed by atoms with Gasteiger partial charge in [0.15, 0.2) is 0 Å². The maximum Gasteiger partial charge on any atom is 0.131 e. The van der Waals surface area contributed by atoms with Gasteiger partial charge in [-0.2, -0.15) is 0 Å². The van der Waals surface area contributed by atoms with E-state index in [-0.39, 0.29) is 16.1 Å². The number of halogens is 2. The zero-order chi connectivity index (χ0) is 13.4. The normalized spacial score (nSPS) is 13.1. The first-order chi connectivity index (χ1) is 8.45. The molecular formula is C12H8ClFO. The first-order valence-electron chi connectivity index (χ1n) is 5.68. The summed E-state index contributed by atoms with van der Waals surface area (Å²) in [5.74, 6) is -1.23. The van der Waals surface area contributed by atoms with Gasteiger partial charge >= 0.3 is 0 Å². The molecule has 0 spiro atoms. The molecule has 0 heterocycles. The van der Waals surface area contributed by atoms with Crippen LogP contribution in [0.2, 0.25) is 5.02 Å². The number of rotatable bonds is 1. The topological polar surface area (TPSA) is 20.2 Å². The summed E-state index contributed by atoms with van der Waals surface area (Å²) in [6, 6.07) is 4.27. The standard InChI is InChI=1S/C12H8ClFO/c13-8-5-6-10(12(15)7-8)9-3-1-2-4-11(9)14/h1-7,15H/i5D,6D,7D. The monoisotopic (exact) mass is 225 g/mol. The zero-order valence-electron chi connectivity index (χ0n) is 10.5. The maximum absolute atomic E-state index is 13.6. The maximum atomic E-state index is 13.6. The van der Waals surface area contributed by atoms with E-state index in [9.17, 15) is 9.50 Å². The van der Waals surface area contributed by atoms with Crippen molar-refractivity contribution in [2.75, 3.05) is 0 Å². The molecule has 0 fully saturated rings. The third kappa shape index (κ3) is 1.95. The van der Waals surface area contributed by atoms with Crippen molar-refractivity contribution in [2.45, 2.75) is 0 Å². The Labute approximate surface area is 96.0 Å². The van der Waals surface area contributed by atoms with Gasteiger partial charge in [-0.3, -0.25) is 0 Å². The van der Waals surface area contributed by atoms with Crippen LogP contribution in [0.15, 0.2) is 42.4 Å². The Hall–Kier alpha value is -1.54. The second kappa shape index (κ2) is 3.91. The molecule has 2 aromatic rings. The summed E-state index contributed by atoms with van der Waals surface area (Å²) in [4.78, 5) is 0. The van der Waals surface area contributed by atoms with Crippen LogP contribution in [-0.4, -0.2) is 5.11 Å². The number of phenolic OH excluding ortho intramolecular Hbond substituents is 1. The number of benzene rings is 2. The van der Waals surface area contributed by atoms with Gasteiger partial charge in [0.1, 0.15) is 11.6 Å². The summed E-state index contributed by atoms with van der Waals surface area (Å²) in [5.41, 5.74) is -0.217. The summed E-state index contributed by atoms with van der Waals surface area (Å²) in [6.07, 6.45) is 0. The van der Waals surface area contributed by atoms with Crippen LogP contribution < -0.4 is 0 Å². The lowest BCUT2D eigenvalue weighted by Gasteiger charge is -2.05. The summed E-state index contributed by atoms with van der Waals surface area (Å²) in [6.45, 7) is 0. The van der Waals surface area contributed by atoms with Crippen molar-refractivity contribution < 1.29 is 13.6 Å². The summed E-state index contributed by atoms with van der Waals surface area (Å²) in [7, 11) is 0. The molecule has 0 amide bonds. The minimum Gasteiger partial charge on any atom is -0.507 e. The molecule has 0 aliphatic rings. The van der Waals surface area contributed by atoms with Crippen molar-refractivity contribution in [3.63, 3.8) is 0 Å².